The Morgan fingerprint density at radius 3 is 2.75 bits per heavy atom. The van der Waals surface area contributed by atoms with Crippen LogP contribution in [0.4, 0.5) is 0 Å². The summed E-state index contributed by atoms with van der Waals surface area (Å²) in [6.45, 7) is 2.17. The van der Waals surface area contributed by atoms with Crippen LogP contribution in [0.2, 0.25) is 5.15 Å². The lowest BCUT2D eigenvalue weighted by Gasteiger charge is -2.04. The van der Waals surface area contributed by atoms with Crippen molar-refractivity contribution in [3.05, 3.63) is 47.4 Å². The molecule has 0 aliphatic rings. The van der Waals surface area contributed by atoms with Gasteiger partial charge in [0, 0.05) is 18.0 Å². The number of hydrogen-bond donors (Lipinski definition) is 0. The zero-order valence-electron chi connectivity index (χ0n) is 9.15. The predicted octanol–water partition coefficient (Wildman–Crippen LogP) is 3.75. The molecule has 1 heterocycles. The fourth-order valence-corrected chi connectivity index (χ4v) is 1.89. The lowest BCUT2D eigenvalue weighted by atomic mass is 10.1. The standard InChI is InChI=1S/C13H13ClN2/c1-2-4-10-5-3-6-11(9-10)12-13(14)16-8-7-15-12/h3,5-9H,2,4H2,1H3. The molecule has 0 saturated heterocycles. The predicted molar refractivity (Wildman–Crippen MR) is 66.5 cm³/mol. The molecule has 0 radical (unpaired) electrons. The van der Waals surface area contributed by atoms with Gasteiger partial charge in [0.1, 0.15) is 5.69 Å². The first-order chi connectivity index (χ1) is 7.81. The topological polar surface area (TPSA) is 25.8 Å². The van der Waals surface area contributed by atoms with Crippen molar-refractivity contribution in [3.63, 3.8) is 0 Å². The molecule has 82 valence electrons. The van der Waals surface area contributed by atoms with Crippen LogP contribution in [0.15, 0.2) is 36.7 Å². The summed E-state index contributed by atoms with van der Waals surface area (Å²) in [6, 6.07) is 8.29. The Labute approximate surface area is 100 Å². The van der Waals surface area contributed by atoms with Crippen LogP contribution in [-0.4, -0.2) is 9.97 Å². The number of halogens is 1. The molecule has 2 nitrogen and oxygen atoms in total. The van der Waals surface area contributed by atoms with Gasteiger partial charge in [-0.3, -0.25) is 4.98 Å². The van der Waals surface area contributed by atoms with E-state index in [2.05, 4.69) is 29.0 Å². The van der Waals surface area contributed by atoms with Crippen molar-refractivity contribution in [3.8, 4) is 11.3 Å². The van der Waals surface area contributed by atoms with Gasteiger partial charge in [0.25, 0.3) is 0 Å². The van der Waals surface area contributed by atoms with Crippen LogP contribution in [0.25, 0.3) is 11.3 Å². The van der Waals surface area contributed by atoms with Crippen LogP contribution in [0, 0.1) is 0 Å². The second-order valence-corrected chi connectivity index (χ2v) is 4.00. The highest BCUT2D eigenvalue weighted by Crippen LogP contribution is 2.24. The fourth-order valence-electron chi connectivity index (χ4n) is 1.68. The molecule has 2 rings (SSSR count). The van der Waals surface area contributed by atoms with Gasteiger partial charge in [0.15, 0.2) is 5.15 Å². The highest BCUT2D eigenvalue weighted by molar-refractivity contribution is 6.31. The number of hydrogen-bond acceptors (Lipinski definition) is 2. The van der Waals surface area contributed by atoms with Gasteiger partial charge in [-0.1, -0.05) is 43.1 Å². The van der Waals surface area contributed by atoms with Crippen molar-refractivity contribution in [2.45, 2.75) is 19.8 Å². The second kappa shape index (κ2) is 5.08. The minimum atomic E-state index is 0.455. The van der Waals surface area contributed by atoms with Crippen LogP contribution in [0.1, 0.15) is 18.9 Å². The molecule has 0 amide bonds. The number of aromatic nitrogens is 2. The Bertz CT molecular complexity index is 483. The molecule has 3 heteroatoms. The first-order valence-electron chi connectivity index (χ1n) is 5.37. The highest BCUT2D eigenvalue weighted by Gasteiger charge is 2.05. The molecule has 0 saturated carbocycles. The van der Waals surface area contributed by atoms with Gasteiger partial charge in [-0.15, -0.1) is 0 Å². The van der Waals surface area contributed by atoms with Crippen LogP contribution >= 0.6 is 11.6 Å². The van der Waals surface area contributed by atoms with E-state index >= 15 is 0 Å². The molecule has 0 aliphatic carbocycles. The smallest absolute Gasteiger partial charge is 0.155 e. The summed E-state index contributed by atoms with van der Waals surface area (Å²) in [5.74, 6) is 0. The highest BCUT2D eigenvalue weighted by atomic mass is 35.5. The van der Waals surface area contributed by atoms with E-state index < -0.39 is 0 Å². The van der Waals surface area contributed by atoms with Gasteiger partial charge < -0.3 is 0 Å². The normalized spacial score (nSPS) is 10.4. The molecule has 1 aromatic heterocycles. The lowest BCUT2D eigenvalue weighted by molar-refractivity contribution is 0.922. The van der Waals surface area contributed by atoms with Gasteiger partial charge in [0.05, 0.1) is 0 Å². The molecule has 0 bridgehead atoms. The Morgan fingerprint density at radius 1 is 1.19 bits per heavy atom. The third kappa shape index (κ3) is 2.39. The Kier molecular flexibility index (Phi) is 3.52. The average molecular weight is 233 g/mol. The third-order valence-corrected chi connectivity index (χ3v) is 2.67. The molecule has 0 atom stereocenters. The summed E-state index contributed by atoms with van der Waals surface area (Å²) in [5.41, 5.74) is 3.09. The van der Waals surface area contributed by atoms with E-state index in [4.69, 9.17) is 11.6 Å². The van der Waals surface area contributed by atoms with Gasteiger partial charge in [-0.2, -0.15) is 0 Å². The molecular formula is C13H13ClN2. The monoisotopic (exact) mass is 232 g/mol. The molecular weight excluding hydrogens is 220 g/mol. The van der Waals surface area contributed by atoms with Crippen LogP contribution < -0.4 is 0 Å². The van der Waals surface area contributed by atoms with E-state index in [1.54, 1.807) is 12.4 Å². The van der Waals surface area contributed by atoms with Crippen molar-refractivity contribution in [1.82, 2.24) is 9.97 Å². The van der Waals surface area contributed by atoms with Gasteiger partial charge in [-0.05, 0) is 18.1 Å². The van der Waals surface area contributed by atoms with E-state index in [-0.39, 0.29) is 0 Å². The van der Waals surface area contributed by atoms with Crippen LogP contribution in [0.5, 0.6) is 0 Å². The van der Waals surface area contributed by atoms with Crippen molar-refractivity contribution < 1.29 is 0 Å². The van der Waals surface area contributed by atoms with E-state index in [1.807, 2.05) is 12.1 Å². The van der Waals surface area contributed by atoms with Gasteiger partial charge >= 0.3 is 0 Å². The Hall–Kier alpha value is -1.41. The zero-order valence-corrected chi connectivity index (χ0v) is 9.91. The summed E-state index contributed by atoms with van der Waals surface area (Å²) in [6.07, 6.45) is 5.47. The maximum Gasteiger partial charge on any atom is 0.155 e. The lowest BCUT2D eigenvalue weighted by Crippen LogP contribution is -1.89. The van der Waals surface area contributed by atoms with Crippen molar-refractivity contribution in [2.24, 2.45) is 0 Å². The molecule has 16 heavy (non-hydrogen) atoms. The Balaban J connectivity index is 2.40. The maximum atomic E-state index is 6.01. The summed E-state index contributed by atoms with van der Waals surface area (Å²) in [5, 5.41) is 0.455. The minimum Gasteiger partial charge on any atom is -0.251 e. The van der Waals surface area contributed by atoms with E-state index in [0.717, 1.165) is 24.1 Å². The first-order valence-corrected chi connectivity index (χ1v) is 5.75. The van der Waals surface area contributed by atoms with Crippen molar-refractivity contribution in [2.75, 3.05) is 0 Å². The fraction of sp³-hybridized carbons (Fsp3) is 0.231. The summed E-state index contributed by atoms with van der Waals surface area (Å²) < 4.78 is 0. The zero-order chi connectivity index (χ0) is 11.4. The summed E-state index contributed by atoms with van der Waals surface area (Å²) in [4.78, 5) is 8.29. The first kappa shape index (κ1) is 11.1. The molecule has 0 aliphatic heterocycles. The van der Waals surface area contributed by atoms with E-state index in [1.165, 1.54) is 5.56 Å². The molecule has 0 fully saturated rings. The molecule has 0 spiro atoms. The summed E-state index contributed by atoms with van der Waals surface area (Å²) in [7, 11) is 0. The van der Waals surface area contributed by atoms with Crippen LogP contribution in [0.3, 0.4) is 0 Å². The molecule has 0 N–H and O–H groups in total. The number of aryl methyl sites for hydroxylation is 1. The SMILES string of the molecule is CCCc1cccc(-c2nccnc2Cl)c1. The van der Waals surface area contributed by atoms with E-state index in [0.29, 0.717) is 5.15 Å². The van der Waals surface area contributed by atoms with Gasteiger partial charge in [0.2, 0.25) is 0 Å². The molecule has 2 aromatic rings. The largest absolute Gasteiger partial charge is 0.251 e. The minimum absolute atomic E-state index is 0.455. The maximum absolute atomic E-state index is 6.01. The summed E-state index contributed by atoms with van der Waals surface area (Å²) >= 11 is 6.01. The van der Waals surface area contributed by atoms with Gasteiger partial charge in [-0.25, -0.2) is 4.98 Å². The second-order valence-electron chi connectivity index (χ2n) is 3.65. The average Bonchev–Trinajstić information content (AvgIpc) is 2.30. The number of nitrogens with zero attached hydrogens (tertiary/aromatic N) is 2. The van der Waals surface area contributed by atoms with Crippen molar-refractivity contribution in [1.29, 1.82) is 0 Å². The van der Waals surface area contributed by atoms with E-state index in [9.17, 15) is 0 Å². The van der Waals surface area contributed by atoms with Crippen LogP contribution in [-0.2, 0) is 6.42 Å². The number of benzene rings is 1. The molecule has 1 aromatic carbocycles. The number of rotatable bonds is 3. The quantitative estimate of drug-likeness (QED) is 0.806. The molecule has 0 unspecified atom stereocenters. The third-order valence-electron chi connectivity index (χ3n) is 2.39. The van der Waals surface area contributed by atoms with Crippen molar-refractivity contribution >= 4 is 11.6 Å². The Morgan fingerprint density at radius 2 is 2.00 bits per heavy atom.